The molecule has 1 amide bonds. The largest absolute Gasteiger partial charge is 0.338 e. The van der Waals surface area contributed by atoms with Crippen molar-refractivity contribution in [2.24, 2.45) is 5.73 Å². The van der Waals surface area contributed by atoms with Crippen LogP contribution in [0.1, 0.15) is 43.2 Å². The summed E-state index contributed by atoms with van der Waals surface area (Å²) < 4.78 is 0. The maximum absolute atomic E-state index is 12.7. The van der Waals surface area contributed by atoms with Crippen molar-refractivity contribution < 1.29 is 4.79 Å². The highest BCUT2D eigenvalue weighted by Gasteiger charge is 2.36. The van der Waals surface area contributed by atoms with Crippen molar-refractivity contribution in [3.8, 4) is 17.2 Å². The van der Waals surface area contributed by atoms with Crippen molar-refractivity contribution in [3.05, 3.63) is 59.7 Å². The van der Waals surface area contributed by atoms with E-state index in [1.807, 2.05) is 12.1 Å². The average Bonchev–Trinajstić information content (AvgIpc) is 2.86. The minimum absolute atomic E-state index is 0.188. The molecule has 34 heavy (non-hydrogen) atoms. The molecule has 6 nitrogen and oxygen atoms in total. The highest BCUT2D eigenvalue weighted by Crippen LogP contribution is 2.26. The zero-order valence-electron chi connectivity index (χ0n) is 20.3. The Balaban J connectivity index is 1.32. The summed E-state index contributed by atoms with van der Waals surface area (Å²) in [5, 5.41) is 12.5. The van der Waals surface area contributed by atoms with E-state index in [9.17, 15) is 10.1 Å². The summed E-state index contributed by atoms with van der Waals surface area (Å²) in [5.74, 6) is -0.188. The number of nitrogens with one attached hydrogen (secondary N) is 1. The molecular weight excluding hydrogens is 422 g/mol. The third kappa shape index (κ3) is 6.24. The molecule has 2 aromatic rings. The monoisotopic (exact) mass is 459 g/mol. The Morgan fingerprint density at radius 2 is 1.53 bits per heavy atom. The van der Waals surface area contributed by atoms with Crippen LogP contribution >= 0.6 is 0 Å². The molecule has 0 aromatic heterocycles. The number of carbonyl (C=O) groups is 1. The first-order valence-electron chi connectivity index (χ1n) is 12.5. The zero-order valence-corrected chi connectivity index (χ0v) is 20.3. The molecule has 1 aliphatic heterocycles. The van der Waals surface area contributed by atoms with Gasteiger partial charge in [0.15, 0.2) is 0 Å². The summed E-state index contributed by atoms with van der Waals surface area (Å²) in [5.41, 5.74) is 10.2. The van der Waals surface area contributed by atoms with Gasteiger partial charge in [-0.25, -0.2) is 0 Å². The molecule has 2 aromatic carbocycles. The molecule has 0 spiro atoms. The molecule has 1 saturated heterocycles. The van der Waals surface area contributed by atoms with Gasteiger partial charge in [0.1, 0.15) is 6.04 Å². The number of benzene rings is 2. The van der Waals surface area contributed by atoms with E-state index in [1.165, 1.54) is 11.1 Å². The van der Waals surface area contributed by atoms with Crippen LogP contribution in [0.15, 0.2) is 48.5 Å². The number of rotatable bonds is 7. The normalized spacial score (nSPS) is 19.8. The third-order valence-electron chi connectivity index (χ3n) is 7.34. The summed E-state index contributed by atoms with van der Waals surface area (Å²) in [6.07, 6.45) is 4.93. The van der Waals surface area contributed by atoms with Crippen molar-refractivity contribution in [1.29, 1.82) is 5.26 Å². The van der Waals surface area contributed by atoms with E-state index in [2.05, 4.69) is 64.6 Å². The van der Waals surface area contributed by atoms with Crippen LogP contribution in [0.3, 0.4) is 0 Å². The predicted molar refractivity (Wildman–Crippen MR) is 136 cm³/mol. The first kappa shape index (κ1) is 24.4. The van der Waals surface area contributed by atoms with Crippen LogP contribution in [0.2, 0.25) is 0 Å². The minimum Gasteiger partial charge on any atom is -0.338 e. The summed E-state index contributed by atoms with van der Waals surface area (Å²) in [6.45, 7) is 5.51. The van der Waals surface area contributed by atoms with Gasteiger partial charge in [0.05, 0.1) is 11.6 Å². The number of amides is 1. The van der Waals surface area contributed by atoms with E-state index < -0.39 is 11.6 Å². The molecule has 1 aliphatic carbocycles. The molecule has 1 heterocycles. The first-order valence-corrected chi connectivity index (χ1v) is 12.5. The predicted octanol–water partition coefficient (Wildman–Crippen LogP) is 3.31. The first-order chi connectivity index (χ1) is 16.4. The summed E-state index contributed by atoms with van der Waals surface area (Å²) in [6, 6.07) is 18.7. The molecular formula is C28H37N5O. The highest BCUT2D eigenvalue weighted by molar-refractivity contribution is 5.86. The van der Waals surface area contributed by atoms with E-state index in [0.717, 1.165) is 63.1 Å². The molecule has 0 radical (unpaired) electrons. The minimum atomic E-state index is -0.826. The number of nitriles is 1. The Kier molecular flexibility index (Phi) is 7.99. The number of piperazine rings is 1. The number of nitrogens with two attached hydrogens (primary N) is 1. The fraction of sp³-hybridized carbons (Fsp3) is 0.500. The Morgan fingerprint density at radius 1 is 0.971 bits per heavy atom. The highest BCUT2D eigenvalue weighted by atomic mass is 16.2. The van der Waals surface area contributed by atoms with Crippen LogP contribution in [-0.4, -0.2) is 60.5 Å². The Hall–Kier alpha value is -2.72. The van der Waals surface area contributed by atoms with E-state index in [1.54, 1.807) is 0 Å². The van der Waals surface area contributed by atoms with Crippen LogP contribution in [0.25, 0.3) is 11.1 Å². The van der Waals surface area contributed by atoms with E-state index in [0.29, 0.717) is 19.3 Å². The van der Waals surface area contributed by atoms with Gasteiger partial charge in [0, 0.05) is 39.1 Å². The maximum atomic E-state index is 12.7. The molecule has 180 valence electrons. The maximum Gasteiger partial charge on any atom is 0.241 e. The van der Waals surface area contributed by atoms with E-state index >= 15 is 0 Å². The topological polar surface area (TPSA) is 85.4 Å². The lowest BCUT2D eigenvalue weighted by Crippen LogP contribution is -2.57. The lowest BCUT2D eigenvalue weighted by Gasteiger charge is -2.32. The zero-order chi connectivity index (χ0) is 24.0. The van der Waals surface area contributed by atoms with Gasteiger partial charge < -0.3 is 16.0 Å². The molecule has 1 atom stereocenters. The van der Waals surface area contributed by atoms with Crippen molar-refractivity contribution in [2.45, 2.75) is 56.7 Å². The smallest absolute Gasteiger partial charge is 0.241 e. The molecule has 1 saturated carbocycles. The van der Waals surface area contributed by atoms with Gasteiger partial charge in [-0.15, -0.1) is 0 Å². The Morgan fingerprint density at radius 3 is 2.09 bits per heavy atom. The second-order valence-electron chi connectivity index (χ2n) is 10.0. The van der Waals surface area contributed by atoms with E-state index in [4.69, 9.17) is 5.73 Å². The molecule has 4 rings (SSSR count). The van der Waals surface area contributed by atoms with Gasteiger partial charge in [0.25, 0.3) is 0 Å². The van der Waals surface area contributed by atoms with E-state index in [-0.39, 0.29) is 5.91 Å². The average molecular weight is 460 g/mol. The number of nitrogens with zero attached hydrogens (tertiary/aromatic N) is 3. The Labute approximate surface area is 203 Å². The van der Waals surface area contributed by atoms with Crippen LogP contribution in [0, 0.1) is 11.3 Å². The van der Waals surface area contributed by atoms with Crippen molar-refractivity contribution in [3.63, 3.8) is 0 Å². The summed E-state index contributed by atoms with van der Waals surface area (Å²) in [7, 11) is 2.18. The number of carbonyl (C=O) groups excluding carboxylic acids is 1. The van der Waals surface area contributed by atoms with Gasteiger partial charge in [-0.05, 0) is 42.1 Å². The quantitative estimate of drug-likeness (QED) is 0.664. The molecule has 2 fully saturated rings. The second-order valence-corrected chi connectivity index (χ2v) is 10.0. The fourth-order valence-corrected chi connectivity index (χ4v) is 4.98. The van der Waals surface area contributed by atoms with Gasteiger partial charge in [0.2, 0.25) is 5.91 Å². The molecule has 2 aliphatic rings. The van der Waals surface area contributed by atoms with Gasteiger partial charge in [-0.1, -0.05) is 67.8 Å². The van der Waals surface area contributed by atoms with Crippen LogP contribution in [0.5, 0.6) is 0 Å². The molecule has 0 bridgehead atoms. The summed E-state index contributed by atoms with van der Waals surface area (Å²) in [4.78, 5) is 17.6. The van der Waals surface area contributed by atoms with Crippen molar-refractivity contribution in [2.75, 3.05) is 33.2 Å². The molecule has 6 heteroatoms. The molecule has 3 N–H and O–H groups in total. The lowest BCUT2D eigenvalue weighted by molar-refractivity contribution is -0.127. The van der Waals surface area contributed by atoms with Crippen LogP contribution in [0.4, 0.5) is 0 Å². The second kappa shape index (κ2) is 11.1. The Bertz CT molecular complexity index is 981. The van der Waals surface area contributed by atoms with Gasteiger partial charge >= 0.3 is 0 Å². The standard InChI is InChI=1S/C28H37N5O/c1-32-15-17-33(18-16-32)21-23-7-11-25(12-8-23)24-9-5-22(6-10-24)19-26(20-29)31-27(34)28(30)13-3-2-4-14-28/h5-12,26H,2-4,13-19,21,30H2,1H3,(H,31,34). The SMILES string of the molecule is CN1CCN(Cc2ccc(-c3ccc(CC(C#N)NC(=O)C4(N)CCCCC4)cc3)cc2)CC1. The lowest BCUT2D eigenvalue weighted by atomic mass is 9.81. The van der Waals surface area contributed by atoms with Gasteiger partial charge in [-0.3, -0.25) is 9.69 Å². The third-order valence-corrected chi connectivity index (χ3v) is 7.34. The van der Waals surface area contributed by atoms with Crippen LogP contribution in [-0.2, 0) is 17.8 Å². The fourth-order valence-electron chi connectivity index (χ4n) is 4.98. The summed E-state index contributed by atoms with van der Waals surface area (Å²) >= 11 is 0. The molecule has 1 unspecified atom stereocenters. The van der Waals surface area contributed by atoms with Crippen molar-refractivity contribution in [1.82, 2.24) is 15.1 Å². The number of likely N-dealkylation sites (N-methyl/N-ethyl adjacent to an activating group) is 1. The van der Waals surface area contributed by atoms with Gasteiger partial charge in [-0.2, -0.15) is 5.26 Å². The van der Waals surface area contributed by atoms with Crippen LogP contribution < -0.4 is 11.1 Å². The van der Waals surface area contributed by atoms with Crippen molar-refractivity contribution >= 4 is 5.91 Å². The number of hydrogen-bond donors (Lipinski definition) is 2. The number of hydrogen-bond acceptors (Lipinski definition) is 5.